The van der Waals surface area contributed by atoms with Gasteiger partial charge in [0.2, 0.25) is 11.8 Å². The Hall–Kier alpha value is -1.59. The number of carbonyl (C=O) groups is 2. The van der Waals surface area contributed by atoms with E-state index in [-0.39, 0.29) is 29.6 Å². The predicted octanol–water partition coefficient (Wildman–Crippen LogP) is 2.46. The molecule has 132 valence electrons. The molecule has 0 radical (unpaired) electrons. The number of rotatable bonds is 4. The van der Waals surface area contributed by atoms with Crippen molar-refractivity contribution >= 4 is 29.9 Å². The maximum atomic E-state index is 12.8. The molecule has 1 saturated carbocycles. The number of hydrogen-bond acceptors (Lipinski definition) is 3. The second-order valence-corrected chi connectivity index (χ2v) is 6.79. The van der Waals surface area contributed by atoms with E-state index in [4.69, 9.17) is 0 Å². The van der Waals surface area contributed by atoms with E-state index in [0.717, 1.165) is 43.6 Å². The molecule has 1 heterocycles. The number of nitrogens with one attached hydrogen (secondary N) is 3. The van der Waals surface area contributed by atoms with Crippen molar-refractivity contribution in [1.29, 1.82) is 0 Å². The van der Waals surface area contributed by atoms with Crippen molar-refractivity contribution in [3.63, 3.8) is 0 Å². The first-order chi connectivity index (χ1) is 11.1. The lowest BCUT2D eigenvalue weighted by Crippen LogP contribution is -2.47. The predicted molar refractivity (Wildman–Crippen MR) is 97.1 cm³/mol. The first-order valence-electron chi connectivity index (χ1n) is 8.46. The van der Waals surface area contributed by atoms with Crippen LogP contribution in [0, 0.1) is 11.3 Å². The average Bonchev–Trinajstić information content (AvgIpc) is 2.97. The fourth-order valence-electron chi connectivity index (χ4n) is 4.01. The Morgan fingerprint density at radius 3 is 2.96 bits per heavy atom. The van der Waals surface area contributed by atoms with Crippen molar-refractivity contribution in [1.82, 2.24) is 10.6 Å². The minimum atomic E-state index is -0.215. The van der Waals surface area contributed by atoms with Crippen LogP contribution in [0.1, 0.15) is 38.2 Å². The van der Waals surface area contributed by atoms with Crippen LogP contribution in [0.15, 0.2) is 24.3 Å². The van der Waals surface area contributed by atoms with Crippen molar-refractivity contribution in [3.8, 4) is 0 Å². The molecule has 0 aromatic heterocycles. The topological polar surface area (TPSA) is 70.2 Å². The molecule has 24 heavy (non-hydrogen) atoms. The first-order valence-corrected chi connectivity index (χ1v) is 8.46. The molecule has 1 saturated heterocycles. The van der Waals surface area contributed by atoms with Crippen molar-refractivity contribution in [2.75, 3.05) is 18.4 Å². The monoisotopic (exact) mass is 351 g/mol. The molecule has 5 nitrogen and oxygen atoms in total. The Morgan fingerprint density at radius 2 is 2.17 bits per heavy atom. The van der Waals surface area contributed by atoms with E-state index in [1.807, 2.05) is 24.3 Å². The van der Waals surface area contributed by atoms with Gasteiger partial charge in [-0.25, -0.2) is 0 Å². The van der Waals surface area contributed by atoms with Crippen molar-refractivity contribution in [2.45, 2.75) is 39.2 Å². The van der Waals surface area contributed by atoms with Crippen molar-refractivity contribution in [2.24, 2.45) is 11.3 Å². The molecule has 2 amide bonds. The Morgan fingerprint density at radius 1 is 1.33 bits per heavy atom. The molecule has 3 rings (SSSR count). The van der Waals surface area contributed by atoms with Gasteiger partial charge in [0.05, 0.1) is 5.41 Å². The van der Waals surface area contributed by atoms with Gasteiger partial charge in [-0.1, -0.05) is 25.0 Å². The molecule has 2 atom stereocenters. The third-order valence-electron chi connectivity index (χ3n) is 5.19. The number of carbonyl (C=O) groups excluding carboxylic acids is 2. The average molecular weight is 352 g/mol. The lowest BCUT2D eigenvalue weighted by Gasteiger charge is -2.37. The van der Waals surface area contributed by atoms with E-state index in [2.05, 4.69) is 16.0 Å². The summed E-state index contributed by atoms with van der Waals surface area (Å²) in [5.74, 6) is 0.561. The van der Waals surface area contributed by atoms with E-state index >= 15 is 0 Å². The number of amides is 2. The Bertz CT molecular complexity index is 608. The van der Waals surface area contributed by atoms with Crippen LogP contribution in [-0.2, 0) is 16.1 Å². The van der Waals surface area contributed by atoms with Crippen LogP contribution < -0.4 is 16.0 Å². The van der Waals surface area contributed by atoms with E-state index in [0.29, 0.717) is 12.5 Å². The third kappa shape index (κ3) is 3.90. The van der Waals surface area contributed by atoms with Crippen LogP contribution in [0.5, 0.6) is 0 Å². The van der Waals surface area contributed by atoms with Gasteiger partial charge < -0.3 is 16.0 Å². The van der Waals surface area contributed by atoms with Gasteiger partial charge in [-0.3, -0.25) is 9.59 Å². The zero-order chi connectivity index (χ0) is 16.3. The molecular weight excluding hydrogens is 326 g/mol. The van der Waals surface area contributed by atoms with Gasteiger partial charge in [0.25, 0.3) is 0 Å². The summed E-state index contributed by atoms with van der Waals surface area (Å²) in [7, 11) is 0. The summed E-state index contributed by atoms with van der Waals surface area (Å²) < 4.78 is 0. The minimum Gasteiger partial charge on any atom is -0.351 e. The van der Waals surface area contributed by atoms with E-state index < -0.39 is 0 Å². The van der Waals surface area contributed by atoms with Gasteiger partial charge in [-0.2, -0.15) is 0 Å². The molecule has 1 aliphatic carbocycles. The van der Waals surface area contributed by atoms with Crippen LogP contribution in [0.3, 0.4) is 0 Å². The van der Waals surface area contributed by atoms with Crippen molar-refractivity contribution < 1.29 is 9.59 Å². The quantitative estimate of drug-likeness (QED) is 0.780. The maximum Gasteiger partial charge on any atom is 0.228 e. The van der Waals surface area contributed by atoms with Gasteiger partial charge in [-0.05, 0) is 43.0 Å². The fraction of sp³-hybridized carbons (Fsp3) is 0.556. The summed E-state index contributed by atoms with van der Waals surface area (Å²) >= 11 is 0. The molecule has 1 aliphatic heterocycles. The Labute approximate surface area is 149 Å². The van der Waals surface area contributed by atoms with E-state index in [9.17, 15) is 9.59 Å². The van der Waals surface area contributed by atoms with Gasteiger partial charge in [0, 0.05) is 25.7 Å². The summed E-state index contributed by atoms with van der Waals surface area (Å²) in [6, 6.07) is 7.62. The highest BCUT2D eigenvalue weighted by molar-refractivity contribution is 5.88. The van der Waals surface area contributed by atoms with Crippen LogP contribution in [0.25, 0.3) is 0 Å². The molecule has 2 aliphatic rings. The second kappa shape index (κ2) is 7.99. The summed E-state index contributed by atoms with van der Waals surface area (Å²) in [5.41, 5.74) is 1.55. The van der Waals surface area contributed by atoms with Crippen LogP contribution in [-0.4, -0.2) is 24.9 Å². The Kier molecular flexibility index (Phi) is 6.24. The zero-order valence-corrected chi connectivity index (χ0v) is 14.9. The summed E-state index contributed by atoms with van der Waals surface area (Å²) in [5, 5.41) is 9.30. The lowest BCUT2D eigenvalue weighted by molar-refractivity contribution is -0.134. The minimum absolute atomic E-state index is 0. The van der Waals surface area contributed by atoms with Gasteiger partial charge in [0.1, 0.15) is 0 Å². The van der Waals surface area contributed by atoms with Gasteiger partial charge in [-0.15, -0.1) is 12.4 Å². The summed E-state index contributed by atoms with van der Waals surface area (Å²) in [4.78, 5) is 24.0. The molecule has 1 aromatic rings. The van der Waals surface area contributed by atoms with Gasteiger partial charge >= 0.3 is 0 Å². The second-order valence-electron chi connectivity index (χ2n) is 6.79. The molecule has 2 fully saturated rings. The van der Waals surface area contributed by atoms with Crippen LogP contribution in [0.2, 0.25) is 0 Å². The third-order valence-corrected chi connectivity index (χ3v) is 5.19. The molecule has 0 unspecified atom stereocenters. The highest BCUT2D eigenvalue weighted by Gasteiger charge is 2.49. The molecule has 0 bridgehead atoms. The number of hydrogen-bond donors (Lipinski definition) is 3. The number of benzene rings is 1. The summed E-state index contributed by atoms with van der Waals surface area (Å²) in [6.07, 6.45) is 4.52. The molecule has 6 heteroatoms. The first kappa shape index (κ1) is 18.7. The normalized spacial score (nSPS) is 25.3. The zero-order valence-electron chi connectivity index (χ0n) is 14.1. The van der Waals surface area contributed by atoms with E-state index in [1.165, 1.54) is 13.3 Å². The number of halogens is 1. The smallest absolute Gasteiger partial charge is 0.228 e. The number of fused-ring (bicyclic) bond motifs is 1. The molecular formula is C18H26ClN3O2. The van der Waals surface area contributed by atoms with Crippen molar-refractivity contribution in [3.05, 3.63) is 29.8 Å². The molecule has 1 aromatic carbocycles. The standard InChI is InChI=1S/C18H25N3O2.ClH/c1-13(22)21-16-7-4-5-14(9-16)10-20-17(23)18-8-3-2-6-15(18)11-19-12-18;/h4-5,7,9,15,19H,2-3,6,8,10-12H2,1H3,(H,20,23)(H,21,22);1H/t15-,18+;/m0./s1. The largest absolute Gasteiger partial charge is 0.351 e. The Balaban J connectivity index is 0.00000208. The number of anilines is 1. The fourth-order valence-corrected chi connectivity index (χ4v) is 4.01. The maximum absolute atomic E-state index is 12.8. The van der Waals surface area contributed by atoms with E-state index in [1.54, 1.807) is 0 Å². The summed E-state index contributed by atoms with van der Waals surface area (Å²) in [6.45, 7) is 3.76. The SMILES string of the molecule is CC(=O)Nc1cccc(CNC(=O)[C@@]23CCCC[C@H]2CNC3)c1.Cl. The highest BCUT2D eigenvalue weighted by Crippen LogP contribution is 2.43. The molecule has 3 N–H and O–H groups in total. The highest BCUT2D eigenvalue weighted by atomic mass is 35.5. The van der Waals surface area contributed by atoms with Crippen LogP contribution >= 0.6 is 12.4 Å². The lowest BCUT2D eigenvalue weighted by atomic mass is 9.67. The van der Waals surface area contributed by atoms with Gasteiger partial charge in [0.15, 0.2) is 0 Å². The van der Waals surface area contributed by atoms with Crippen LogP contribution in [0.4, 0.5) is 5.69 Å². The molecule has 0 spiro atoms.